The van der Waals surface area contributed by atoms with Crippen molar-refractivity contribution in [3.8, 4) is 0 Å². The first-order chi connectivity index (χ1) is 3.98. The number of hydrogen-bond acceptors (Lipinski definition) is 3. The first-order valence-corrected chi connectivity index (χ1v) is 4.34. The Labute approximate surface area is 53.7 Å². The highest BCUT2D eigenvalue weighted by molar-refractivity contribution is 7.50. The molecule has 0 aromatic rings. The monoisotopic (exact) mass is 153 g/mol. The zero-order valence-corrected chi connectivity index (χ0v) is 6.04. The number of rotatable bonds is 3. The van der Waals surface area contributed by atoms with Crippen molar-refractivity contribution in [2.45, 2.75) is 25.6 Å². The molecule has 0 aliphatic rings. The Morgan fingerprint density at radius 1 is 1.78 bits per heavy atom. The Hall–Kier alpha value is 0.110. The van der Waals surface area contributed by atoms with Crippen molar-refractivity contribution < 1.29 is 19.5 Å². The molecule has 0 aromatic carbocycles. The molecule has 2 unspecified atom stereocenters. The van der Waals surface area contributed by atoms with E-state index in [2.05, 4.69) is 0 Å². The lowest BCUT2D eigenvalue weighted by Crippen LogP contribution is -2.15. The van der Waals surface area contributed by atoms with E-state index < -0.39 is 13.4 Å². The van der Waals surface area contributed by atoms with E-state index in [9.17, 15) is 9.46 Å². The van der Waals surface area contributed by atoms with E-state index in [1.54, 1.807) is 6.92 Å². The van der Waals surface area contributed by atoms with Crippen LogP contribution >= 0.6 is 7.60 Å². The molecular formula is C4H10O4P-. The number of hydrogen-bond donors (Lipinski definition) is 2. The lowest BCUT2D eigenvalue weighted by molar-refractivity contribution is -0.202. The van der Waals surface area contributed by atoms with Crippen molar-refractivity contribution in [1.29, 1.82) is 0 Å². The molecule has 0 aliphatic carbocycles. The Morgan fingerprint density at radius 3 is 2.33 bits per heavy atom. The summed E-state index contributed by atoms with van der Waals surface area (Å²) in [5.41, 5.74) is 0. The van der Waals surface area contributed by atoms with Gasteiger partial charge in [-0.25, -0.2) is 0 Å². The fourth-order valence-corrected chi connectivity index (χ4v) is 1.01. The maximum Gasteiger partial charge on any atom is 0.160 e. The van der Waals surface area contributed by atoms with Gasteiger partial charge in [-0.2, -0.15) is 0 Å². The topological polar surface area (TPSA) is 80.6 Å². The molecule has 4 nitrogen and oxygen atoms in total. The van der Waals surface area contributed by atoms with Gasteiger partial charge in [0.25, 0.3) is 0 Å². The van der Waals surface area contributed by atoms with E-state index >= 15 is 0 Å². The van der Waals surface area contributed by atoms with Crippen molar-refractivity contribution in [3.63, 3.8) is 0 Å². The fraction of sp³-hybridized carbons (Fsp3) is 1.00. The molecule has 0 bridgehead atoms. The third-order valence-electron chi connectivity index (χ3n) is 0.924. The Bertz CT molecular complexity index is 118. The molecule has 0 rings (SSSR count). The fourth-order valence-electron chi connectivity index (χ4n) is 0.421. The highest BCUT2D eigenvalue weighted by Crippen LogP contribution is 2.36. The van der Waals surface area contributed by atoms with Crippen molar-refractivity contribution in [1.82, 2.24) is 0 Å². The summed E-state index contributed by atoms with van der Waals surface area (Å²) < 4.78 is 10.1. The summed E-state index contributed by atoms with van der Waals surface area (Å²) >= 11 is 0. The molecule has 0 radical (unpaired) electrons. The molecule has 2 N–H and O–H groups in total. The molecule has 0 aromatic heterocycles. The third-order valence-corrected chi connectivity index (χ3v) is 1.93. The smallest absolute Gasteiger partial charge is 0.160 e. The minimum Gasteiger partial charge on any atom is -0.777 e. The van der Waals surface area contributed by atoms with E-state index in [1.165, 1.54) is 0 Å². The zero-order valence-electron chi connectivity index (χ0n) is 5.15. The SMILES string of the molecule is CCCC(O)P(=O)([O-])O. The number of aliphatic hydroxyl groups is 1. The quantitative estimate of drug-likeness (QED) is 0.543. The van der Waals surface area contributed by atoms with Crippen LogP contribution in [0.5, 0.6) is 0 Å². The van der Waals surface area contributed by atoms with Gasteiger partial charge >= 0.3 is 0 Å². The summed E-state index contributed by atoms with van der Waals surface area (Å²) in [6.07, 6.45) is 0.630. The summed E-state index contributed by atoms with van der Waals surface area (Å²) in [6, 6.07) is 0. The molecule has 0 fully saturated rings. The Morgan fingerprint density at radius 2 is 2.22 bits per heavy atom. The van der Waals surface area contributed by atoms with Crippen LogP contribution in [0.2, 0.25) is 0 Å². The van der Waals surface area contributed by atoms with Gasteiger partial charge in [0.15, 0.2) is 7.60 Å². The van der Waals surface area contributed by atoms with Crippen LogP contribution in [0, 0.1) is 0 Å². The second-order valence-electron chi connectivity index (χ2n) is 1.83. The van der Waals surface area contributed by atoms with Gasteiger partial charge in [0.1, 0.15) is 5.85 Å². The van der Waals surface area contributed by atoms with Gasteiger partial charge in [0, 0.05) is 0 Å². The van der Waals surface area contributed by atoms with Gasteiger partial charge in [-0.15, -0.1) is 0 Å². The molecule has 5 heteroatoms. The maximum absolute atomic E-state index is 10.1. The molecule has 2 atom stereocenters. The highest BCUT2D eigenvalue weighted by atomic mass is 31.2. The van der Waals surface area contributed by atoms with Gasteiger partial charge in [0.05, 0.1) is 0 Å². The Kier molecular flexibility index (Phi) is 3.36. The van der Waals surface area contributed by atoms with E-state index in [1.807, 2.05) is 0 Å². The van der Waals surface area contributed by atoms with Gasteiger partial charge in [-0.3, -0.25) is 0 Å². The lowest BCUT2D eigenvalue weighted by Gasteiger charge is -2.21. The average Bonchev–Trinajstić information content (AvgIpc) is 1.64. The average molecular weight is 153 g/mol. The second kappa shape index (κ2) is 3.32. The van der Waals surface area contributed by atoms with Gasteiger partial charge < -0.3 is 19.5 Å². The molecule has 0 spiro atoms. The molecule has 0 aliphatic heterocycles. The first kappa shape index (κ1) is 9.11. The van der Waals surface area contributed by atoms with Crippen LogP contribution in [0.3, 0.4) is 0 Å². The summed E-state index contributed by atoms with van der Waals surface area (Å²) in [5.74, 6) is -1.58. The van der Waals surface area contributed by atoms with Crippen LogP contribution in [0.15, 0.2) is 0 Å². The Balaban J connectivity index is 3.74. The standard InChI is InChI=1S/C4H11O4P/c1-2-3-4(5)9(6,7)8/h4-5H,2-3H2,1H3,(H2,6,7,8)/p-1. The minimum absolute atomic E-state index is 0.0945. The van der Waals surface area contributed by atoms with Crippen LogP contribution in [-0.4, -0.2) is 15.8 Å². The van der Waals surface area contributed by atoms with Crippen LogP contribution in [-0.2, 0) is 4.57 Å². The molecule has 0 heterocycles. The molecule has 0 saturated heterocycles. The number of aliphatic hydroxyl groups excluding tert-OH is 1. The molecule has 9 heavy (non-hydrogen) atoms. The second-order valence-corrected chi connectivity index (χ2v) is 3.56. The third kappa shape index (κ3) is 3.65. The van der Waals surface area contributed by atoms with E-state index in [0.717, 1.165) is 0 Å². The van der Waals surface area contributed by atoms with Crippen LogP contribution in [0.1, 0.15) is 19.8 Å². The predicted molar refractivity (Wildman–Crippen MR) is 30.7 cm³/mol. The molecule has 0 saturated carbocycles. The maximum atomic E-state index is 10.1. The first-order valence-electron chi connectivity index (χ1n) is 2.70. The predicted octanol–water partition coefficient (Wildman–Crippen LogP) is -0.349. The van der Waals surface area contributed by atoms with Crippen molar-refractivity contribution in [3.05, 3.63) is 0 Å². The lowest BCUT2D eigenvalue weighted by atomic mass is 10.4. The molecule has 56 valence electrons. The zero-order chi connectivity index (χ0) is 7.49. The van der Waals surface area contributed by atoms with Gasteiger partial charge in [-0.1, -0.05) is 13.3 Å². The van der Waals surface area contributed by atoms with E-state index in [-0.39, 0.29) is 6.42 Å². The van der Waals surface area contributed by atoms with Crippen LogP contribution in [0.4, 0.5) is 0 Å². The molecular weight excluding hydrogens is 143 g/mol. The summed E-state index contributed by atoms with van der Waals surface area (Å²) in [6.45, 7) is 1.72. The van der Waals surface area contributed by atoms with Crippen molar-refractivity contribution in [2.24, 2.45) is 0 Å². The van der Waals surface area contributed by atoms with Crippen LogP contribution < -0.4 is 4.89 Å². The normalized spacial score (nSPS) is 20.9. The van der Waals surface area contributed by atoms with E-state index in [4.69, 9.17) is 10.00 Å². The summed E-state index contributed by atoms with van der Waals surface area (Å²) in [5, 5.41) is 8.56. The minimum atomic E-state index is -4.47. The van der Waals surface area contributed by atoms with Crippen molar-refractivity contribution in [2.75, 3.05) is 0 Å². The van der Waals surface area contributed by atoms with E-state index in [0.29, 0.717) is 6.42 Å². The van der Waals surface area contributed by atoms with Gasteiger partial charge in [0.2, 0.25) is 0 Å². The largest absolute Gasteiger partial charge is 0.777 e. The van der Waals surface area contributed by atoms with Crippen molar-refractivity contribution >= 4 is 7.60 Å². The van der Waals surface area contributed by atoms with Crippen LogP contribution in [0.25, 0.3) is 0 Å². The van der Waals surface area contributed by atoms with Gasteiger partial charge in [-0.05, 0) is 6.42 Å². The highest BCUT2D eigenvalue weighted by Gasteiger charge is 2.14. The molecule has 0 amide bonds. The summed E-state index contributed by atoms with van der Waals surface area (Å²) in [4.78, 5) is 18.2. The summed E-state index contributed by atoms with van der Waals surface area (Å²) in [7, 11) is -4.47.